The second-order valence-electron chi connectivity index (χ2n) is 4.23. The predicted octanol–water partition coefficient (Wildman–Crippen LogP) is 1.07. The van der Waals surface area contributed by atoms with Gasteiger partial charge in [0.1, 0.15) is 6.04 Å². The normalized spacial score (nSPS) is 22.2. The monoisotopic (exact) mass is 265 g/mol. The number of nitro benzene ring substituents is 1. The van der Waals surface area contributed by atoms with E-state index in [1.165, 1.54) is 12.1 Å². The van der Waals surface area contributed by atoms with Gasteiger partial charge in [-0.1, -0.05) is 12.1 Å². The average Bonchev–Trinajstić information content (AvgIpc) is 2.89. The molecule has 1 aliphatic heterocycles. The van der Waals surface area contributed by atoms with Gasteiger partial charge in [0.15, 0.2) is 0 Å². The van der Waals surface area contributed by atoms with Crippen LogP contribution in [0.1, 0.15) is 24.9 Å². The van der Waals surface area contributed by atoms with Gasteiger partial charge >= 0.3 is 5.97 Å². The fraction of sp³-hybridized carbons (Fsp3) is 0.417. The molecule has 1 fully saturated rings. The molecular formula is C12H15N3O4. The Morgan fingerprint density at radius 1 is 1.53 bits per heavy atom. The lowest BCUT2D eigenvalue weighted by molar-refractivity contribution is -0.384. The Balaban J connectivity index is 2.06. The molecule has 1 aromatic carbocycles. The summed E-state index contributed by atoms with van der Waals surface area (Å²) < 4.78 is 4.92. The largest absolute Gasteiger partial charge is 0.465 e. The number of ether oxygens (including phenoxy) is 1. The number of carbonyl (C=O) groups excluding carboxylic acids is 1. The molecule has 1 aromatic rings. The van der Waals surface area contributed by atoms with Crippen molar-refractivity contribution < 1.29 is 14.5 Å². The number of hydrogen-bond donors (Lipinski definition) is 2. The van der Waals surface area contributed by atoms with Crippen LogP contribution in [0.4, 0.5) is 5.69 Å². The van der Waals surface area contributed by atoms with Crippen molar-refractivity contribution in [3.8, 4) is 0 Å². The Morgan fingerprint density at radius 2 is 2.32 bits per heavy atom. The van der Waals surface area contributed by atoms with Gasteiger partial charge in [0.2, 0.25) is 0 Å². The van der Waals surface area contributed by atoms with Gasteiger partial charge in [0, 0.05) is 18.2 Å². The number of nitro groups is 1. The summed E-state index contributed by atoms with van der Waals surface area (Å²) in [7, 11) is 0. The predicted molar refractivity (Wildman–Crippen MR) is 67.1 cm³/mol. The van der Waals surface area contributed by atoms with Crippen molar-refractivity contribution in [3.05, 3.63) is 39.9 Å². The third-order valence-electron chi connectivity index (χ3n) is 2.96. The highest BCUT2D eigenvalue weighted by Gasteiger charge is 2.31. The van der Waals surface area contributed by atoms with Crippen molar-refractivity contribution >= 4 is 11.7 Å². The summed E-state index contributed by atoms with van der Waals surface area (Å²) in [5.41, 5.74) is 6.61. The molecule has 0 radical (unpaired) electrons. The van der Waals surface area contributed by atoms with Gasteiger partial charge in [-0.15, -0.1) is 0 Å². The summed E-state index contributed by atoms with van der Waals surface area (Å²) in [6.07, 6.45) is 0.500. The van der Waals surface area contributed by atoms with E-state index >= 15 is 0 Å². The Labute approximate surface area is 110 Å². The smallest absolute Gasteiger partial charge is 0.324 e. The SMILES string of the molecule is CCOC(=O)C1CC(c2cccc([N+](=O)[O-])c2)NN1. The maximum absolute atomic E-state index is 11.6. The van der Waals surface area contributed by atoms with Crippen LogP contribution in [0.2, 0.25) is 0 Å². The number of esters is 1. The molecule has 2 atom stereocenters. The molecular weight excluding hydrogens is 250 g/mol. The van der Waals surface area contributed by atoms with Gasteiger partial charge in [-0.05, 0) is 18.9 Å². The maximum Gasteiger partial charge on any atom is 0.324 e. The van der Waals surface area contributed by atoms with Crippen molar-refractivity contribution in [2.45, 2.75) is 25.4 Å². The number of non-ortho nitro benzene ring substituents is 1. The topological polar surface area (TPSA) is 93.5 Å². The van der Waals surface area contributed by atoms with E-state index in [0.717, 1.165) is 5.56 Å². The highest BCUT2D eigenvalue weighted by Crippen LogP contribution is 2.25. The minimum atomic E-state index is -0.436. The zero-order valence-corrected chi connectivity index (χ0v) is 10.5. The Morgan fingerprint density at radius 3 is 3.00 bits per heavy atom. The van der Waals surface area contributed by atoms with Crippen molar-refractivity contribution in [2.24, 2.45) is 0 Å². The van der Waals surface area contributed by atoms with Crippen LogP contribution in [0, 0.1) is 10.1 Å². The second-order valence-corrected chi connectivity index (χ2v) is 4.23. The highest BCUT2D eigenvalue weighted by atomic mass is 16.6. The van der Waals surface area contributed by atoms with Crippen LogP contribution in [0.25, 0.3) is 0 Å². The molecule has 0 aromatic heterocycles. The number of benzene rings is 1. The van der Waals surface area contributed by atoms with Crippen LogP contribution in [0.3, 0.4) is 0 Å². The number of nitrogens with one attached hydrogen (secondary N) is 2. The van der Waals surface area contributed by atoms with Gasteiger partial charge < -0.3 is 4.74 Å². The summed E-state index contributed by atoms with van der Waals surface area (Å²) in [5, 5.41) is 10.7. The quantitative estimate of drug-likeness (QED) is 0.480. The molecule has 0 bridgehead atoms. The van der Waals surface area contributed by atoms with Crippen LogP contribution >= 0.6 is 0 Å². The van der Waals surface area contributed by atoms with E-state index in [1.54, 1.807) is 19.1 Å². The molecule has 0 amide bonds. The molecule has 0 saturated carbocycles. The summed E-state index contributed by atoms with van der Waals surface area (Å²) in [6, 6.07) is 5.80. The van der Waals surface area contributed by atoms with Crippen LogP contribution in [-0.2, 0) is 9.53 Å². The van der Waals surface area contributed by atoms with Crippen molar-refractivity contribution in [1.82, 2.24) is 10.9 Å². The first-order valence-electron chi connectivity index (χ1n) is 6.04. The minimum absolute atomic E-state index is 0.0406. The summed E-state index contributed by atoms with van der Waals surface area (Å²) in [6.45, 7) is 2.08. The van der Waals surface area contributed by atoms with Gasteiger partial charge in [-0.25, -0.2) is 10.9 Å². The van der Waals surface area contributed by atoms with Crippen molar-refractivity contribution in [3.63, 3.8) is 0 Å². The Hall–Kier alpha value is -1.99. The first-order chi connectivity index (χ1) is 9.11. The van der Waals surface area contributed by atoms with E-state index in [0.29, 0.717) is 13.0 Å². The molecule has 19 heavy (non-hydrogen) atoms. The molecule has 102 valence electrons. The van der Waals surface area contributed by atoms with Crippen LogP contribution < -0.4 is 10.9 Å². The van der Waals surface area contributed by atoms with E-state index < -0.39 is 11.0 Å². The van der Waals surface area contributed by atoms with E-state index in [2.05, 4.69) is 10.9 Å². The van der Waals surface area contributed by atoms with Gasteiger partial charge in [-0.3, -0.25) is 14.9 Å². The molecule has 7 heteroatoms. The lowest BCUT2D eigenvalue weighted by Crippen LogP contribution is -2.37. The molecule has 1 heterocycles. The summed E-state index contributed by atoms with van der Waals surface area (Å²) in [4.78, 5) is 21.8. The van der Waals surface area contributed by atoms with Crippen molar-refractivity contribution in [2.75, 3.05) is 6.61 Å². The molecule has 7 nitrogen and oxygen atoms in total. The molecule has 0 spiro atoms. The first kappa shape index (κ1) is 13.4. The first-order valence-corrected chi connectivity index (χ1v) is 6.04. The maximum atomic E-state index is 11.6. The van der Waals surface area contributed by atoms with Gasteiger partial charge in [0.05, 0.1) is 11.5 Å². The van der Waals surface area contributed by atoms with Gasteiger partial charge in [-0.2, -0.15) is 0 Å². The number of hydrazine groups is 1. The van der Waals surface area contributed by atoms with Crippen molar-refractivity contribution in [1.29, 1.82) is 0 Å². The van der Waals surface area contributed by atoms with Crippen LogP contribution in [0.5, 0.6) is 0 Å². The molecule has 0 aliphatic carbocycles. The summed E-state index contributed by atoms with van der Waals surface area (Å²) in [5.74, 6) is -0.317. The lowest BCUT2D eigenvalue weighted by Gasteiger charge is -2.09. The van der Waals surface area contributed by atoms with E-state index in [-0.39, 0.29) is 17.7 Å². The molecule has 2 unspecified atom stereocenters. The standard InChI is InChI=1S/C12H15N3O4/c1-2-19-12(16)11-7-10(13-14-11)8-4-3-5-9(6-8)15(17)18/h3-6,10-11,13-14H,2,7H2,1H3. The van der Waals surface area contributed by atoms with Crippen LogP contribution in [-0.4, -0.2) is 23.5 Å². The fourth-order valence-electron chi connectivity index (χ4n) is 2.03. The Bertz CT molecular complexity index is 492. The molecule has 2 rings (SSSR count). The molecule has 1 saturated heterocycles. The zero-order chi connectivity index (χ0) is 13.8. The fourth-order valence-corrected chi connectivity index (χ4v) is 2.03. The lowest BCUT2D eigenvalue weighted by atomic mass is 10.0. The highest BCUT2D eigenvalue weighted by molar-refractivity contribution is 5.76. The zero-order valence-electron chi connectivity index (χ0n) is 10.5. The minimum Gasteiger partial charge on any atom is -0.465 e. The molecule has 1 aliphatic rings. The molecule has 2 N–H and O–H groups in total. The number of hydrogen-bond acceptors (Lipinski definition) is 6. The third kappa shape index (κ3) is 3.07. The van der Waals surface area contributed by atoms with E-state index in [4.69, 9.17) is 4.74 Å². The van der Waals surface area contributed by atoms with E-state index in [9.17, 15) is 14.9 Å². The summed E-state index contributed by atoms with van der Waals surface area (Å²) >= 11 is 0. The van der Waals surface area contributed by atoms with Gasteiger partial charge in [0.25, 0.3) is 5.69 Å². The number of rotatable bonds is 4. The third-order valence-corrected chi connectivity index (χ3v) is 2.96. The van der Waals surface area contributed by atoms with Crippen LogP contribution in [0.15, 0.2) is 24.3 Å². The van der Waals surface area contributed by atoms with E-state index in [1.807, 2.05) is 0 Å². The number of carbonyl (C=O) groups is 1. The average molecular weight is 265 g/mol. The number of nitrogens with zero attached hydrogens (tertiary/aromatic N) is 1. The second kappa shape index (κ2) is 5.77. The Kier molecular flexibility index (Phi) is 4.08.